The van der Waals surface area contributed by atoms with Crippen molar-refractivity contribution in [3.05, 3.63) is 89.5 Å². The number of aryl methyl sites for hydroxylation is 3. The van der Waals surface area contributed by atoms with Crippen molar-refractivity contribution in [1.82, 2.24) is 0 Å². The Kier molecular flexibility index (Phi) is 11.1. The third kappa shape index (κ3) is 9.08. The summed E-state index contributed by atoms with van der Waals surface area (Å²) in [6, 6.07) is 26.4. The minimum atomic E-state index is 0.863. The number of isothiocyanates is 1. The van der Waals surface area contributed by atoms with E-state index in [2.05, 4.69) is 90.0 Å². The molecule has 3 rings (SSSR count). The van der Waals surface area contributed by atoms with Gasteiger partial charge in [-0.15, -0.1) is 0 Å². The molecule has 0 unspecified atom stereocenters. The maximum absolute atomic E-state index is 4.66. The van der Waals surface area contributed by atoms with Crippen LogP contribution in [0.15, 0.2) is 77.8 Å². The number of thiocarbonyl (C=S) groups is 1. The molecule has 0 bridgehead atoms. The highest BCUT2D eigenvalue weighted by atomic mass is 32.1. The molecule has 0 aromatic heterocycles. The molecule has 2 heteroatoms. The van der Waals surface area contributed by atoms with Gasteiger partial charge >= 0.3 is 0 Å². The van der Waals surface area contributed by atoms with Crippen LogP contribution in [0.1, 0.15) is 75.0 Å². The van der Waals surface area contributed by atoms with Gasteiger partial charge in [0.15, 0.2) is 0 Å². The van der Waals surface area contributed by atoms with Crippen LogP contribution in [0.5, 0.6) is 0 Å². The SMILES string of the molecule is CCCCCCCCCCc1ccc(-c2ccc(CCc3ccc(N=C=S)cc3)cc2)cc1. The van der Waals surface area contributed by atoms with Gasteiger partial charge in [0.25, 0.3) is 0 Å². The number of hydrogen-bond donors (Lipinski definition) is 0. The van der Waals surface area contributed by atoms with Gasteiger partial charge in [-0.05, 0) is 77.9 Å². The lowest BCUT2D eigenvalue weighted by Crippen LogP contribution is -1.91. The van der Waals surface area contributed by atoms with Crippen LogP contribution in [0.3, 0.4) is 0 Å². The molecule has 0 saturated heterocycles. The van der Waals surface area contributed by atoms with E-state index in [0.717, 1.165) is 18.5 Å². The molecule has 33 heavy (non-hydrogen) atoms. The standard InChI is InChI=1S/C31H37NS/c1-2-3-4-5-6-7-8-9-10-26-13-19-29(20-14-26)30-21-15-27(16-22-30)11-12-28-17-23-31(24-18-28)32-25-33/h13-24H,2-12H2,1H3. The molecule has 0 radical (unpaired) electrons. The monoisotopic (exact) mass is 455 g/mol. The summed E-state index contributed by atoms with van der Waals surface area (Å²) >= 11 is 4.66. The molecule has 0 amide bonds. The van der Waals surface area contributed by atoms with Crippen LogP contribution >= 0.6 is 12.2 Å². The van der Waals surface area contributed by atoms with E-state index in [1.54, 1.807) is 0 Å². The fraction of sp³-hybridized carbons (Fsp3) is 0.387. The summed E-state index contributed by atoms with van der Waals surface area (Å²) in [6.45, 7) is 2.28. The van der Waals surface area contributed by atoms with Crippen molar-refractivity contribution in [3.63, 3.8) is 0 Å². The van der Waals surface area contributed by atoms with Crippen molar-refractivity contribution in [2.24, 2.45) is 4.99 Å². The van der Waals surface area contributed by atoms with Gasteiger partial charge in [0.1, 0.15) is 0 Å². The van der Waals surface area contributed by atoms with Gasteiger partial charge in [-0.2, -0.15) is 4.99 Å². The summed E-state index contributed by atoms with van der Waals surface area (Å²) in [5.74, 6) is 0. The minimum absolute atomic E-state index is 0.863. The fourth-order valence-corrected chi connectivity index (χ4v) is 4.37. The number of benzene rings is 3. The molecule has 0 saturated carbocycles. The van der Waals surface area contributed by atoms with Crippen LogP contribution in [0.4, 0.5) is 5.69 Å². The van der Waals surface area contributed by atoms with Crippen molar-refractivity contribution in [3.8, 4) is 11.1 Å². The molecule has 0 atom stereocenters. The van der Waals surface area contributed by atoms with Gasteiger partial charge in [-0.25, -0.2) is 0 Å². The van der Waals surface area contributed by atoms with E-state index in [-0.39, 0.29) is 0 Å². The van der Waals surface area contributed by atoms with Crippen LogP contribution in [0, 0.1) is 0 Å². The number of unbranched alkanes of at least 4 members (excludes halogenated alkanes) is 7. The molecule has 3 aromatic carbocycles. The number of aliphatic imine (C=N–C) groups is 1. The zero-order chi connectivity index (χ0) is 23.1. The van der Waals surface area contributed by atoms with Gasteiger partial charge in [-0.3, -0.25) is 0 Å². The third-order valence-electron chi connectivity index (χ3n) is 6.37. The summed E-state index contributed by atoms with van der Waals surface area (Å²) in [7, 11) is 0. The highest BCUT2D eigenvalue weighted by Crippen LogP contribution is 2.22. The largest absolute Gasteiger partial charge is 0.195 e. The maximum Gasteiger partial charge on any atom is 0.0739 e. The lowest BCUT2D eigenvalue weighted by molar-refractivity contribution is 0.575. The predicted molar refractivity (Wildman–Crippen MR) is 147 cm³/mol. The Morgan fingerprint density at radius 2 is 0.970 bits per heavy atom. The molecule has 0 aliphatic heterocycles. The summed E-state index contributed by atoms with van der Waals surface area (Å²) < 4.78 is 0. The summed E-state index contributed by atoms with van der Waals surface area (Å²) in [4.78, 5) is 4.01. The van der Waals surface area contributed by atoms with E-state index in [1.165, 1.54) is 85.6 Å². The van der Waals surface area contributed by atoms with Crippen molar-refractivity contribution in [1.29, 1.82) is 0 Å². The third-order valence-corrected chi connectivity index (χ3v) is 6.46. The Morgan fingerprint density at radius 1 is 0.545 bits per heavy atom. The molecule has 1 nitrogen and oxygen atoms in total. The highest BCUT2D eigenvalue weighted by Gasteiger charge is 2.01. The first kappa shape index (κ1) is 25.1. The van der Waals surface area contributed by atoms with Gasteiger partial charge < -0.3 is 0 Å². The molecule has 0 aliphatic rings. The second-order valence-electron chi connectivity index (χ2n) is 8.99. The number of nitrogens with zero attached hydrogens (tertiary/aromatic N) is 1. The molecule has 172 valence electrons. The van der Waals surface area contributed by atoms with E-state index >= 15 is 0 Å². The Labute approximate surface area is 206 Å². The zero-order valence-corrected chi connectivity index (χ0v) is 20.9. The summed E-state index contributed by atoms with van der Waals surface area (Å²) in [5, 5.41) is 2.41. The quantitative estimate of drug-likeness (QED) is 0.134. The van der Waals surface area contributed by atoms with E-state index in [4.69, 9.17) is 0 Å². The normalized spacial score (nSPS) is 10.7. The predicted octanol–water partition coefficient (Wildman–Crippen LogP) is 9.56. The molecular formula is C31H37NS. The average Bonchev–Trinajstić information content (AvgIpc) is 2.86. The minimum Gasteiger partial charge on any atom is -0.195 e. The van der Waals surface area contributed by atoms with Crippen molar-refractivity contribution in [2.75, 3.05) is 0 Å². The van der Waals surface area contributed by atoms with Crippen LogP contribution in [0.25, 0.3) is 11.1 Å². The van der Waals surface area contributed by atoms with Crippen LogP contribution in [-0.2, 0) is 19.3 Å². The first-order chi connectivity index (χ1) is 16.3. The van der Waals surface area contributed by atoms with Crippen LogP contribution < -0.4 is 0 Å². The Bertz CT molecular complexity index is 981. The second-order valence-corrected chi connectivity index (χ2v) is 9.17. The molecule has 0 fully saturated rings. The second kappa shape index (κ2) is 14.6. The van der Waals surface area contributed by atoms with E-state index in [1.807, 2.05) is 12.1 Å². The van der Waals surface area contributed by atoms with E-state index < -0.39 is 0 Å². The van der Waals surface area contributed by atoms with Crippen molar-refractivity contribution >= 4 is 23.1 Å². The van der Waals surface area contributed by atoms with E-state index in [0.29, 0.717) is 0 Å². The fourth-order valence-electron chi connectivity index (χ4n) is 4.27. The first-order valence-electron chi connectivity index (χ1n) is 12.6. The molecule has 0 aliphatic carbocycles. The Hall–Kier alpha value is -2.54. The summed E-state index contributed by atoms with van der Waals surface area (Å²) in [6.07, 6.45) is 14.3. The number of hydrogen-bond acceptors (Lipinski definition) is 2. The average molecular weight is 456 g/mol. The first-order valence-corrected chi connectivity index (χ1v) is 13.0. The van der Waals surface area contributed by atoms with E-state index in [9.17, 15) is 0 Å². The smallest absolute Gasteiger partial charge is 0.0739 e. The van der Waals surface area contributed by atoms with Crippen LogP contribution in [-0.4, -0.2) is 5.16 Å². The molecule has 0 spiro atoms. The zero-order valence-electron chi connectivity index (χ0n) is 20.1. The summed E-state index contributed by atoms with van der Waals surface area (Å²) in [5.41, 5.74) is 7.60. The lowest BCUT2D eigenvalue weighted by atomic mass is 9.98. The van der Waals surface area contributed by atoms with Gasteiger partial charge in [-0.1, -0.05) is 113 Å². The van der Waals surface area contributed by atoms with Gasteiger partial charge in [0.05, 0.1) is 10.8 Å². The highest BCUT2D eigenvalue weighted by molar-refractivity contribution is 7.78. The molecule has 3 aromatic rings. The molecule has 0 heterocycles. The number of rotatable bonds is 14. The lowest BCUT2D eigenvalue weighted by Gasteiger charge is -2.07. The van der Waals surface area contributed by atoms with Crippen molar-refractivity contribution < 1.29 is 0 Å². The van der Waals surface area contributed by atoms with Gasteiger partial charge in [0.2, 0.25) is 0 Å². The van der Waals surface area contributed by atoms with Crippen molar-refractivity contribution in [2.45, 2.75) is 77.6 Å². The maximum atomic E-state index is 4.66. The molecule has 0 N–H and O–H groups in total. The van der Waals surface area contributed by atoms with Gasteiger partial charge in [0, 0.05) is 0 Å². The Balaban J connectivity index is 1.41. The van der Waals surface area contributed by atoms with Crippen LogP contribution in [0.2, 0.25) is 0 Å². The Morgan fingerprint density at radius 3 is 1.45 bits per heavy atom. The molecular weight excluding hydrogens is 418 g/mol. The topological polar surface area (TPSA) is 12.4 Å².